The fraction of sp³-hybridized carbons (Fsp3) is 0.410. The van der Waals surface area contributed by atoms with Crippen molar-refractivity contribution in [1.82, 2.24) is 25.5 Å². The Hall–Kier alpha value is -4.91. The van der Waals surface area contributed by atoms with Crippen LogP contribution < -0.4 is 15.5 Å². The van der Waals surface area contributed by atoms with Crippen molar-refractivity contribution in [1.29, 1.82) is 0 Å². The van der Waals surface area contributed by atoms with E-state index in [4.69, 9.17) is 4.74 Å². The molecule has 0 radical (unpaired) electrons. The molecule has 2 aliphatic heterocycles. The van der Waals surface area contributed by atoms with Crippen molar-refractivity contribution in [3.63, 3.8) is 0 Å². The maximum absolute atomic E-state index is 14.2. The maximum Gasteiger partial charge on any atom is 0.261 e. The van der Waals surface area contributed by atoms with E-state index in [1.807, 2.05) is 44.2 Å². The molecule has 51 heavy (non-hydrogen) atoms. The van der Waals surface area contributed by atoms with Gasteiger partial charge in [0.05, 0.1) is 29.0 Å². The van der Waals surface area contributed by atoms with Gasteiger partial charge in [0.2, 0.25) is 11.8 Å². The van der Waals surface area contributed by atoms with Gasteiger partial charge in [0.15, 0.2) is 5.78 Å². The Morgan fingerprint density at radius 2 is 1.41 bits per heavy atom. The van der Waals surface area contributed by atoms with Crippen LogP contribution in [-0.4, -0.2) is 108 Å². The number of ketones is 1. The number of imide groups is 1. The molecular formula is C39H47N5O7. The summed E-state index contributed by atoms with van der Waals surface area (Å²) in [6, 6.07) is 21.4. The van der Waals surface area contributed by atoms with Gasteiger partial charge in [0.25, 0.3) is 11.8 Å². The monoisotopic (exact) mass is 697 g/mol. The topological polar surface area (TPSA) is 149 Å². The number of carbonyl (C=O) groups is 5. The van der Waals surface area contributed by atoms with Crippen LogP contribution in [0, 0.1) is 17.8 Å². The molecule has 2 aliphatic rings. The molecule has 1 unspecified atom stereocenters. The number of Topliss-reactive ketones (excluding diaryl/α,β-unsaturated/α-hetero) is 1. The van der Waals surface area contributed by atoms with E-state index < -0.39 is 48.1 Å². The van der Waals surface area contributed by atoms with E-state index in [2.05, 4.69) is 22.2 Å². The molecule has 0 aromatic heterocycles. The van der Waals surface area contributed by atoms with Gasteiger partial charge in [-0.2, -0.15) is 0 Å². The molecule has 0 bridgehead atoms. The number of nitrogens with zero attached hydrogens (tertiary/aromatic N) is 3. The number of likely N-dealkylation sites (N-methyl/N-ethyl adjacent to an activating group) is 1. The molecule has 12 nitrogen and oxygen atoms in total. The van der Waals surface area contributed by atoms with Crippen molar-refractivity contribution < 1.29 is 33.9 Å². The summed E-state index contributed by atoms with van der Waals surface area (Å²) >= 11 is 0. The van der Waals surface area contributed by atoms with Crippen molar-refractivity contribution in [3.8, 4) is 5.75 Å². The van der Waals surface area contributed by atoms with Gasteiger partial charge in [-0.05, 0) is 61.3 Å². The third kappa shape index (κ3) is 9.46. The first kappa shape index (κ1) is 37.3. The Balaban J connectivity index is 1.33. The number of benzene rings is 3. The van der Waals surface area contributed by atoms with Crippen LogP contribution in [0.25, 0.3) is 0 Å². The number of hydrogen-bond donors (Lipinski definition) is 3. The third-order valence-electron chi connectivity index (χ3n) is 9.58. The lowest BCUT2D eigenvalue weighted by Crippen LogP contribution is -2.51. The summed E-state index contributed by atoms with van der Waals surface area (Å²) in [5.74, 6) is -4.87. The van der Waals surface area contributed by atoms with Crippen LogP contribution in [0.1, 0.15) is 56.9 Å². The average Bonchev–Trinajstić information content (AvgIpc) is 3.38. The standard InChI is InChI=1S/C39H47N5O7/c1-26(2)23-32(33(37(47)41-50)25-44-38(48)30-11-7-8-12-31(30)39(44)49)36(46)40-34(24-27-9-5-4-6-10-27)35(45)28-13-15-29(16-14-28)51-22-21-43-19-17-42(3)18-20-43/h4-16,26,32-34,50H,17-25H2,1-3H3,(H,40,46)(H,41,47)/t32-,33?,34+/m1/s1. The fourth-order valence-corrected chi connectivity index (χ4v) is 6.66. The number of nitrogens with one attached hydrogen (secondary N) is 2. The molecule has 0 aliphatic carbocycles. The molecule has 0 saturated carbocycles. The summed E-state index contributed by atoms with van der Waals surface area (Å²) in [4.78, 5) is 73.5. The van der Waals surface area contributed by atoms with Crippen LogP contribution in [0.2, 0.25) is 0 Å². The second-order valence-electron chi connectivity index (χ2n) is 13.7. The SMILES string of the molecule is CC(C)C[C@@H](C(=O)N[C@@H](Cc1ccccc1)C(=O)c1ccc(OCCN2CCN(C)CC2)cc1)C(CN1C(=O)c2ccccc2C1=O)C(=O)NO. The Bertz CT molecular complexity index is 1650. The Labute approximate surface area is 298 Å². The minimum absolute atomic E-state index is 0.0935. The van der Waals surface area contributed by atoms with E-state index in [0.717, 1.165) is 43.2 Å². The van der Waals surface area contributed by atoms with E-state index in [1.54, 1.807) is 41.9 Å². The van der Waals surface area contributed by atoms with Crippen LogP contribution in [0.15, 0.2) is 78.9 Å². The summed E-state index contributed by atoms with van der Waals surface area (Å²) in [6.45, 7) is 8.67. The van der Waals surface area contributed by atoms with Crippen LogP contribution in [0.5, 0.6) is 5.75 Å². The molecule has 270 valence electrons. The lowest BCUT2D eigenvalue weighted by Gasteiger charge is -2.32. The van der Waals surface area contributed by atoms with Crippen LogP contribution in [-0.2, 0) is 16.0 Å². The summed E-state index contributed by atoms with van der Waals surface area (Å²) in [5, 5.41) is 12.6. The summed E-state index contributed by atoms with van der Waals surface area (Å²) < 4.78 is 5.96. The molecule has 3 atom stereocenters. The number of fused-ring (bicyclic) bond motifs is 1. The predicted octanol–water partition coefficient (Wildman–Crippen LogP) is 3.30. The minimum atomic E-state index is -1.30. The Morgan fingerprint density at radius 1 is 0.804 bits per heavy atom. The zero-order chi connectivity index (χ0) is 36.5. The Morgan fingerprint density at radius 3 is 2.00 bits per heavy atom. The molecule has 3 aromatic rings. The van der Waals surface area contributed by atoms with Gasteiger partial charge in [-0.25, -0.2) is 5.48 Å². The number of amides is 4. The average molecular weight is 698 g/mol. The second kappa shape index (κ2) is 17.3. The van der Waals surface area contributed by atoms with E-state index in [1.165, 1.54) is 12.1 Å². The lowest BCUT2D eigenvalue weighted by atomic mass is 9.83. The Kier molecular flexibility index (Phi) is 12.7. The fourth-order valence-electron chi connectivity index (χ4n) is 6.66. The smallest absolute Gasteiger partial charge is 0.261 e. The van der Waals surface area contributed by atoms with Crippen molar-refractivity contribution in [3.05, 3.63) is 101 Å². The first-order valence-electron chi connectivity index (χ1n) is 17.5. The summed E-state index contributed by atoms with van der Waals surface area (Å²) in [6.07, 6.45) is 0.359. The van der Waals surface area contributed by atoms with E-state index in [9.17, 15) is 29.2 Å². The molecule has 1 fully saturated rings. The highest BCUT2D eigenvalue weighted by Crippen LogP contribution is 2.29. The number of rotatable bonds is 16. The molecule has 3 N–H and O–H groups in total. The van der Waals surface area contributed by atoms with Crippen molar-refractivity contribution in [2.24, 2.45) is 17.8 Å². The number of hydrogen-bond acceptors (Lipinski definition) is 9. The molecule has 4 amide bonds. The molecule has 5 rings (SSSR count). The van der Waals surface area contributed by atoms with Gasteiger partial charge < -0.3 is 15.0 Å². The first-order valence-corrected chi connectivity index (χ1v) is 17.5. The molecule has 3 aromatic carbocycles. The van der Waals surface area contributed by atoms with Gasteiger partial charge in [-0.3, -0.25) is 39.0 Å². The third-order valence-corrected chi connectivity index (χ3v) is 9.58. The maximum atomic E-state index is 14.2. The van der Waals surface area contributed by atoms with Gasteiger partial charge in [0.1, 0.15) is 12.4 Å². The van der Waals surface area contributed by atoms with Gasteiger partial charge in [0, 0.05) is 51.3 Å². The van der Waals surface area contributed by atoms with Gasteiger partial charge in [-0.1, -0.05) is 56.3 Å². The van der Waals surface area contributed by atoms with Gasteiger partial charge in [-0.15, -0.1) is 0 Å². The highest BCUT2D eigenvalue weighted by molar-refractivity contribution is 6.21. The van der Waals surface area contributed by atoms with Gasteiger partial charge >= 0.3 is 0 Å². The van der Waals surface area contributed by atoms with Crippen LogP contribution in [0.3, 0.4) is 0 Å². The number of piperazine rings is 1. The highest BCUT2D eigenvalue weighted by Gasteiger charge is 2.42. The quantitative estimate of drug-likeness (QED) is 0.0888. The minimum Gasteiger partial charge on any atom is -0.492 e. The summed E-state index contributed by atoms with van der Waals surface area (Å²) in [5.41, 5.74) is 3.23. The van der Waals surface area contributed by atoms with Crippen LogP contribution in [0.4, 0.5) is 0 Å². The zero-order valence-corrected chi connectivity index (χ0v) is 29.4. The molecular weight excluding hydrogens is 650 g/mol. The molecule has 12 heteroatoms. The summed E-state index contributed by atoms with van der Waals surface area (Å²) in [7, 11) is 2.12. The van der Waals surface area contributed by atoms with Crippen molar-refractivity contribution in [2.75, 3.05) is 52.9 Å². The highest BCUT2D eigenvalue weighted by atomic mass is 16.5. The number of ether oxygens (including phenoxy) is 1. The predicted molar refractivity (Wildman–Crippen MR) is 190 cm³/mol. The van der Waals surface area contributed by atoms with Crippen molar-refractivity contribution >= 4 is 29.4 Å². The van der Waals surface area contributed by atoms with Crippen molar-refractivity contribution in [2.45, 2.75) is 32.7 Å². The lowest BCUT2D eigenvalue weighted by molar-refractivity contribution is -0.141. The number of carbonyl (C=O) groups excluding carboxylic acids is 5. The van der Waals surface area contributed by atoms with E-state index in [0.29, 0.717) is 17.9 Å². The van der Waals surface area contributed by atoms with E-state index >= 15 is 0 Å². The second-order valence-corrected chi connectivity index (χ2v) is 13.7. The number of hydroxylamine groups is 1. The molecule has 1 saturated heterocycles. The molecule has 2 heterocycles. The first-order chi connectivity index (χ1) is 24.5. The molecule has 0 spiro atoms. The van der Waals surface area contributed by atoms with Crippen LogP contribution >= 0.6 is 0 Å². The van der Waals surface area contributed by atoms with E-state index in [-0.39, 0.29) is 35.7 Å². The normalized spacial score (nSPS) is 16.8. The zero-order valence-electron chi connectivity index (χ0n) is 29.4. The largest absolute Gasteiger partial charge is 0.492 e.